The van der Waals surface area contributed by atoms with E-state index in [1.807, 2.05) is 0 Å². The van der Waals surface area contributed by atoms with Crippen molar-refractivity contribution in [3.8, 4) is 0 Å². The van der Waals surface area contributed by atoms with Gasteiger partial charge in [0, 0.05) is 11.9 Å². The normalized spacial score (nSPS) is 19.4. The fraction of sp³-hybridized carbons (Fsp3) is 0.417. The number of amides is 3. The predicted octanol–water partition coefficient (Wildman–Crippen LogP) is -3.00. The third-order valence-electron chi connectivity index (χ3n) is 3.45. The summed E-state index contributed by atoms with van der Waals surface area (Å²) in [5, 5.41) is 7.37. The molecule has 3 amide bonds. The van der Waals surface area contributed by atoms with E-state index in [1.165, 1.54) is 5.38 Å². The Kier molecular flexibility index (Phi) is 6.90. The number of carbonyl (C=O) groups excluding carboxylic acids is 3. The Morgan fingerprint density at radius 3 is 2.66 bits per heavy atom. The maximum absolute atomic E-state index is 12.6. The lowest BCUT2D eigenvalue weighted by atomic mass is 9.99. The van der Waals surface area contributed by atoms with Crippen molar-refractivity contribution < 1.29 is 36.9 Å². The number of anilines is 1. The molecule has 0 aliphatic carbocycles. The van der Waals surface area contributed by atoms with E-state index in [2.05, 4.69) is 20.2 Å². The molecule has 0 aromatic carbocycles. The van der Waals surface area contributed by atoms with Crippen molar-refractivity contribution >= 4 is 50.4 Å². The maximum atomic E-state index is 12.6. The molecular formula is C12H17N7O8S2. The molecule has 1 fully saturated rings. The number of nitrogens with two attached hydrogens (primary N) is 3. The van der Waals surface area contributed by atoms with E-state index in [0.717, 1.165) is 11.3 Å². The van der Waals surface area contributed by atoms with Gasteiger partial charge in [0.2, 0.25) is 0 Å². The molecule has 29 heavy (non-hydrogen) atoms. The van der Waals surface area contributed by atoms with Gasteiger partial charge in [0.05, 0.1) is 0 Å². The van der Waals surface area contributed by atoms with Crippen LogP contribution in [0.2, 0.25) is 0 Å². The number of nitrogen functional groups attached to an aromatic ring is 1. The van der Waals surface area contributed by atoms with Crippen LogP contribution in [0.3, 0.4) is 0 Å². The zero-order valence-electron chi connectivity index (χ0n) is 14.5. The highest BCUT2D eigenvalue weighted by Gasteiger charge is 2.54. The molecule has 0 spiro atoms. The average Bonchev–Trinajstić information content (AvgIpc) is 3.04. The van der Waals surface area contributed by atoms with E-state index in [4.69, 9.17) is 26.6 Å². The minimum absolute atomic E-state index is 0.0234. The van der Waals surface area contributed by atoms with Crippen LogP contribution in [-0.4, -0.2) is 77.7 Å². The average molecular weight is 451 g/mol. The minimum atomic E-state index is -4.96. The molecule has 1 aromatic rings. The second kappa shape index (κ2) is 8.99. The number of primary amides is 1. The molecule has 0 radical (unpaired) electrons. The summed E-state index contributed by atoms with van der Waals surface area (Å²) < 4.78 is 36.4. The summed E-state index contributed by atoms with van der Waals surface area (Å²) in [6.45, 7) is -0.620. The number of nitrogens with zero attached hydrogens (tertiary/aromatic N) is 3. The number of thiazole rings is 1. The van der Waals surface area contributed by atoms with Crippen molar-refractivity contribution in [2.45, 2.75) is 12.1 Å². The number of rotatable bonds is 9. The molecule has 1 aliphatic heterocycles. The summed E-state index contributed by atoms with van der Waals surface area (Å²) in [5.41, 5.74) is 15.3. The van der Waals surface area contributed by atoms with E-state index in [-0.39, 0.29) is 34.0 Å². The SMILES string of the molecule is NCCO/N=C(\C(=O)NC1C(=O)N(S(=O)(=O)O)C1COC(N)=O)c1csc(N)n1. The third kappa shape index (κ3) is 5.28. The summed E-state index contributed by atoms with van der Waals surface area (Å²) in [5.74, 6) is -2.14. The van der Waals surface area contributed by atoms with E-state index in [0.29, 0.717) is 0 Å². The van der Waals surface area contributed by atoms with E-state index < -0.39 is 46.9 Å². The number of β-lactam (4-membered cyclic amide) rings is 1. The molecule has 2 atom stereocenters. The van der Waals surface area contributed by atoms with Crippen molar-refractivity contribution in [3.05, 3.63) is 11.1 Å². The lowest BCUT2D eigenvalue weighted by Crippen LogP contribution is -2.73. The van der Waals surface area contributed by atoms with Crippen molar-refractivity contribution in [2.75, 3.05) is 25.5 Å². The van der Waals surface area contributed by atoms with E-state index >= 15 is 0 Å². The van der Waals surface area contributed by atoms with E-state index in [9.17, 15) is 22.8 Å². The molecule has 15 nitrogen and oxygen atoms in total. The molecule has 1 saturated heterocycles. The maximum Gasteiger partial charge on any atom is 0.404 e. The van der Waals surface area contributed by atoms with Gasteiger partial charge in [-0.05, 0) is 0 Å². The second-order valence-corrected chi connectivity index (χ2v) is 7.57. The van der Waals surface area contributed by atoms with Crippen LogP contribution >= 0.6 is 11.3 Å². The Bertz CT molecular complexity index is 930. The van der Waals surface area contributed by atoms with Crippen LogP contribution in [0.1, 0.15) is 5.69 Å². The van der Waals surface area contributed by atoms with Crippen molar-refractivity contribution in [2.24, 2.45) is 16.6 Å². The van der Waals surface area contributed by atoms with Gasteiger partial charge in [-0.15, -0.1) is 11.3 Å². The minimum Gasteiger partial charge on any atom is -0.447 e. The number of oxime groups is 1. The summed E-state index contributed by atoms with van der Waals surface area (Å²) in [6, 6.07) is -2.90. The van der Waals surface area contributed by atoms with Crippen molar-refractivity contribution in [1.29, 1.82) is 0 Å². The molecule has 1 aromatic heterocycles. The fourth-order valence-corrected chi connectivity index (χ4v) is 3.68. The van der Waals surface area contributed by atoms with Crippen LogP contribution in [0.15, 0.2) is 10.5 Å². The van der Waals surface area contributed by atoms with Crippen LogP contribution in [0, 0.1) is 0 Å². The second-order valence-electron chi connectivity index (χ2n) is 5.39. The first-order valence-corrected chi connectivity index (χ1v) is 9.99. The number of hydrogen-bond acceptors (Lipinski definition) is 12. The predicted molar refractivity (Wildman–Crippen MR) is 97.7 cm³/mol. The van der Waals surface area contributed by atoms with Crippen LogP contribution < -0.4 is 22.5 Å². The quantitative estimate of drug-likeness (QED) is 0.0832. The van der Waals surface area contributed by atoms with Gasteiger partial charge in [-0.25, -0.2) is 14.1 Å². The lowest BCUT2D eigenvalue weighted by Gasteiger charge is -2.43. The number of ether oxygens (including phenoxy) is 1. The van der Waals surface area contributed by atoms with Crippen LogP contribution in [0.25, 0.3) is 0 Å². The van der Waals surface area contributed by atoms with Gasteiger partial charge in [0.15, 0.2) is 10.8 Å². The standard InChI is InChI=1S/C12H17N7O8S2/c13-1-2-27-18-7(5-4-28-11(14)16-5)9(20)17-8-6(3-26-12(15)22)19(10(8)21)29(23,24)25/h4,6,8H,1-3,13H2,(H2,14,16)(H2,15,22)(H,17,20)(H,23,24,25)/b18-7-. The summed E-state index contributed by atoms with van der Waals surface area (Å²) >= 11 is 1.01. The Morgan fingerprint density at radius 2 is 2.14 bits per heavy atom. The highest BCUT2D eigenvalue weighted by atomic mass is 32.2. The molecular weight excluding hydrogens is 434 g/mol. The van der Waals surface area contributed by atoms with Crippen LogP contribution in [-0.2, 0) is 29.5 Å². The van der Waals surface area contributed by atoms with Gasteiger partial charge in [-0.3, -0.25) is 14.1 Å². The fourth-order valence-electron chi connectivity index (χ4n) is 2.27. The number of hydrogen-bond donors (Lipinski definition) is 5. The topological polar surface area (TPSA) is 243 Å². The smallest absolute Gasteiger partial charge is 0.404 e. The molecule has 2 unspecified atom stereocenters. The van der Waals surface area contributed by atoms with Crippen molar-refractivity contribution in [3.63, 3.8) is 0 Å². The summed E-state index contributed by atoms with van der Waals surface area (Å²) in [4.78, 5) is 44.2. The number of aromatic nitrogens is 1. The Balaban J connectivity index is 2.23. The van der Waals surface area contributed by atoms with Gasteiger partial charge in [0.1, 0.15) is 31.0 Å². The first kappa shape index (κ1) is 22.3. The van der Waals surface area contributed by atoms with Gasteiger partial charge in [-0.2, -0.15) is 8.42 Å². The number of carbonyl (C=O) groups is 3. The first-order chi connectivity index (χ1) is 13.6. The lowest BCUT2D eigenvalue weighted by molar-refractivity contribution is -0.146. The van der Waals surface area contributed by atoms with Crippen LogP contribution in [0.5, 0.6) is 0 Å². The molecule has 2 heterocycles. The van der Waals surface area contributed by atoms with Gasteiger partial charge < -0.3 is 32.1 Å². The number of nitrogens with one attached hydrogen (secondary N) is 1. The Labute approximate surface area is 167 Å². The highest BCUT2D eigenvalue weighted by molar-refractivity contribution is 7.84. The van der Waals surface area contributed by atoms with Crippen LogP contribution in [0.4, 0.5) is 9.93 Å². The summed E-state index contributed by atoms with van der Waals surface area (Å²) in [6.07, 6.45) is -1.25. The van der Waals surface area contributed by atoms with Gasteiger partial charge in [0.25, 0.3) is 11.8 Å². The summed E-state index contributed by atoms with van der Waals surface area (Å²) in [7, 11) is -4.96. The zero-order chi connectivity index (χ0) is 21.8. The zero-order valence-corrected chi connectivity index (χ0v) is 16.2. The Morgan fingerprint density at radius 1 is 1.45 bits per heavy atom. The Hall–Kier alpha value is -3.02. The molecule has 0 saturated carbocycles. The molecule has 0 bridgehead atoms. The molecule has 160 valence electrons. The molecule has 17 heteroatoms. The van der Waals surface area contributed by atoms with Crippen molar-refractivity contribution in [1.82, 2.24) is 14.6 Å². The molecule has 2 rings (SSSR count). The monoisotopic (exact) mass is 451 g/mol. The van der Waals surface area contributed by atoms with Gasteiger partial charge >= 0.3 is 16.4 Å². The molecule has 8 N–H and O–H groups in total. The third-order valence-corrected chi connectivity index (χ3v) is 5.07. The van der Waals surface area contributed by atoms with Gasteiger partial charge in [-0.1, -0.05) is 5.16 Å². The largest absolute Gasteiger partial charge is 0.447 e. The van der Waals surface area contributed by atoms with E-state index in [1.54, 1.807) is 0 Å². The molecule has 1 aliphatic rings. The highest BCUT2D eigenvalue weighted by Crippen LogP contribution is 2.24. The first-order valence-electron chi connectivity index (χ1n) is 7.71.